The van der Waals surface area contributed by atoms with E-state index in [0.29, 0.717) is 19.0 Å². The number of hydrogen-bond donors (Lipinski definition) is 2. The number of piperazine rings is 1. The molecule has 11 nitrogen and oxygen atoms in total. The standard InChI is InChI=1S/C33H40F4N8O3/c1-15-10-44(11-16(2)47-15)13-32(7-8-32)14-46-31-42-27-23-29(43-31)45-12-19-5-6-21(40-19)28(45)18(4)48-30(23)41-26(25(27)34)20-9-22(38)39-17(3)24(20)33(35,36)37/h9,15-16,18-19,21,28,40H,5-8,10-14H2,1-4H3,(H2,38,39)/t15-,16+,18-,19+,21-,28+/m0/s1. The second-order valence-corrected chi connectivity index (χ2v) is 14.4. The van der Waals surface area contributed by atoms with Gasteiger partial charge in [-0.15, -0.1) is 0 Å². The smallest absolute Gasteiger partial charge is 0.418 e. The third-order valence-corrected chi connectivity index (χ3v) is 10.5. The zero-order chi connectivity index (χ0) is 33.7. The second kappa shape index (κ2) is 11.2. The molecule has 15 heteroatoms. The van der Waals surface area contributed by atoms with Gasteiger partial charge in [-0.3, -0.25) is 4.90 Å². The van der Waals surface area contributed by atoms with Crippen LogP contribution in [0.5, 0.6) is 11.9 Å². The summed E-state index contributed by atoms with van der Waals surface area (Å²) in [6.45, 7) is 10.6. The van der Waals surface area contributed by atoms with Crippen LogP contribution >= 0.6 is 0 Å². The van der Waals surface area contributed by atoms with Gasteiger partial charge in [-0.05, 0) is 59.4 Å². The van der Waals surface area contributed by atoms with Gasteiger partial charge in [0.2, 0.25) is 5.88 Å². The summed E-state index contributed by atoms with van der Waals surface area (Å²) in [6.07, 6.45) is -1.19. The molecule has 0 spiro atoms. The third-order valence-electron chi connectivity index (χ3n) is 10.5. The molecule has 1 aliphatic carbocycles. The highest BCUT2D eigenvalue weighted by molar-refractivity contribution is 5.97. The quantitative estimate of drug-likeness (QED) is 0.360. The first-order chi connectivity index (χ1) is 22.8. The monoisotopic (exact) mass is 672 g/mol. The number of nitrogen functional groups attached to an aromatic ring is 1. The maximum Gasteiger partial charge on any atom is 0.418 e. The Kier molecular flexibility index (Phi) is 7.42. The average molecular weight is 673 g/mol. The lowest BCUT2D eigenvalue weighted by Crippen LogP contribution is -2.62. The van der Waals surface area contributed by atoms with Crippen LogP contribution in [0.1, 0.15) is 57.7 Å². The first-order valence-corrected chi connectivity index (χ1v) is 16.7. The number of nitrogens with one attached hydrogen (secondary N) is 1. The number of morpholine rings is 1. The van der Waals surface area contributed by atoms with Gasteiger partial charge in [-0.2, -0.15) is 23.1 Å². The fraction of sp³-hybridized carbons (Fsp3) is 0.636. The van der Waals surface area contributed by atoms with Crippen LogP contribution in [0.15, 0.2) is 6.07 Å². The van der Waals surface area contributed by atoms with Crippen molar-refractivity contribution in [3.8, 4) is 23.1 Å². The first-order valence-electron chi connectivity index (χ1n) is 16.7. The highest BCUT2D eigenvalue weighted by Crippen LogP contribution is 2.49. The van der Waals surface area contributed by atoms with Crippen molar-refractivity contribution in [2.24, 2.45) is 5.41 Å². The molecule has 0 aromatic carbocycles. The summed E-state index contributed by atoms with van der Waals surface area (Å²) in [7, 11) is 0. The van der Waals surface area contributed by atoms with Crippen LogP contribution in [-0.2, 0) is 10.9 Å². The van der Waals surface area contributed by atoms with Gasteiger partial charge < -0.3 is 30.2 Å². The molecule has 3 aromatic rings. The highest BCUT2D eigenvalue weighted by Gasteiger charge is 2.49. The third kappa shape index (κ3) is 5.47. The van der Waals surface area contributed by atoms with Crippen LogP contribution < -0.4 is 25.4 Å². The van der Waals surface area contributed by atoms with Crippen LogP contribution in [0.25, 0.3) is 22.2 Å². The molecule has 2 bridgehead atoms. The Morgan fingerprint density at radius 2 is 1.81 bits per heavy atom. The van der Waals surface area contributed by atoms with Crippen molar-refractivity contribution in [3.63, 3.8) is 0 Å². The van der Waals surface area contributed by atoms with Crippen molar-refractivity contribution >= 4 is 22.5 Å². The minimum absolute atomic E-state index is 0.0314. The molecule has 0 radical (unpaired) electrons. The lowest BCUT2D eigenvalue weighted by Gasteiger charge is -2.42. The summed E-state index contributed by atoms with van der Waals surface area (Å²) >= 11 is 0. The van der Waals surface area contributed by atoms with E-state index in [1.807, 2.05) is 6.92 Å². The van der Waals surface area contributed by atoms with Gasteiger partial charge in [0, 0.05) is 49.2 Å². The molecule has 5 aliphatic rings. The molecular weight excluding hydrogens is 632 g/mol. The topological polar surface area (TPSA) is 124 Å². The van der Waals surface area contributed by atoms with Gasteiger partial charge in [0.15, 0.2) is 5.82 Å². The Balaban J connectivity index is 1.24. The van der Waals surface area contributed by atoms with Crippen molar-refractivity contribution in [1.29, 1.82) is 0 Å². The number of nitrogens with zero attached hydrogens (tertiary/aromatic N) is 6. The molecule has 0 unspecified atom stereocenters. The predicted molar refractivity (Wildman–Crippen MR) is 169 cm³/mol. The zero-order valence-corrected chi connectivity index (χ0v) is 27.4. The summed E-state index contributed by atoms with van der Waals surface area (Å²) in [4.78, 5) is 22.2. The van der Waals surface area contributed by atoms with Crippen molar-refractivity contribution in [3.05, 3.63) is 23.1 Å². The van der Waals surface area contributed by atoms with Crippen LogP contribution in [0, 0.1) is 18.2 Å². The molecule has 3 N–H and O–H groups in total. The molecule has 0 amide bonds. The molecule has 8 rings (SSSR count). The number of pyridine rings is 2. The molecule has 7 heterocycles. The average Bonchev–Trinajstić information content (AvgIpc) is 3.68. The van der Waals surface area contributed by atoms with Gasteiger partial charge in [-0.1, -0.05) is 0 Å². The van der Waals surface area contributed by atoms with Crippen LogP contribution in [0.3, 0.4) is 0 Å². The Hall–Kier alpha value is -3.56. The van der Waals surface area contributed by atoms with E-state index in [9.17, 15) is 13.2 Å². The van der Waals surface area contributed by atoms with Crippen LogP contribution in [-0.4, -0.2) is 94.1 Å². The van der Waals surface area contributed by atoms with Gasteiger partial charge in [0.05, 0.1) is 36.1 Å². The van der Waals surface area contributed by atoms with E-state index in [1.165, 1.54) is 6.92 Å². The fourth-order valence-electron chi connectivity index (χ4n) is 8.41. The molecule has 258 valence electrons. The summed E-state index contributed by atoms with van der Waals surface area (Å²) < 4.78 is 78.7. The van der Waals surface area contributed by atoms with Gasteiger partial charge in [0.25, 0.3) is 0 Å². The number of ether oxygens (including phenoxy) is 3. The van der Waals surface area contributed by atoms with Gasteiger partial charge in [-0.25, -0.2) is 14.4 Å². The zero-order valence-electron chi connectivity index (χ0n) is 27.4. The molecular formula is C33H40F4N8O3. The Bertz CT molecular complexity index is 1760. The van der Waals surface area contributed by atoms with E-state index in [-0.39, 0.29) is 70.1 Å². The Morgan fingerprint density at radius 1 is 1.06 bits per heavy atom. The van der Waals surface area contributed by atoms with E-state index < -0.39 is 34.9 Å². The predicted octanol–water partition coefficient (Wildman–Crippen LogP) is 4.49. The van der Waals surface area contributed by atoms with Crippen molar-refractivity contribution in [2.45, 2.75) is 96.0 Å². The Morgan fingerprint density at radius 3 is 2.52 bits per heavy atom. The number of rotatable bonds is 6. The lowest BCUT2D eigenvalue weighted by atomic mass is 9.99. The molecule has 3 saturated heterocycles. The van der Waals surface area contributed by atoms with Crippen LogP contribution in [0.2, 0.25) is 0 Å². The number of anilines is 2. The summed E-state index contributed by atoms with van der Waals surface area (Å²) in [5.74, 6) is -0.848. The lowest BCUT2D eigenvalue weighted by molar-refractivity contribution is -0.137. The molecule has 4 fully saturated rings. The van der Waals surface area contributed by atoms with Gasteiger partial charge >= 0.3 is 12.2 Å². The number of aromatic nitrogens is 4. The van der Waals surface area contributed by atoms with Crippen molar-refractivity contribution in [1.82, 2.24) is 30.2 Å². The Labute approximate surface area is 275 Å². The van der Waals surface area contributed by atoms with E-state index in [2.05, 4.69) is 43.9 Å². The number of hydrogen-bond acceptors (Lipinski definition) is 11. The van der Waals surface area contributed by atoms with Gasteiger partial charge in [0.1, 0.15) is 34.3 Å². The SMILES string of the molecule is Cc1nc(N)cc(-c2nc3c4c(nc(OCC5(CN6C[C@@H](C)O[C@@H](C)C6)CC5)nc4c2F)N2C[C@H]4CC[C@H](N4)[C@H]2[C@H](C)O3)c1C(F)(F)F. The maximum atomic E-state index is 16.8. The van der Waals surface area contributed by atoms with E-state index >= 15 is 4.39 Å². The number of nitrogens with two attached hydrogens (primary N) is 1. The number of halogens is 4. The minimum Gasteiger partial charge on any atom is -0.472 e. The molecule has 48 heavy (non-hydrogen) atoms. The molecule has 4 aliphatic heterocycles. The largest absolute Gasteiger partial charge is 0.472 e. The highest BCUT2D eigenvalue weighted by atomic mass is 19.4. The molecule has 3 aromatic heterocycles. The number of fused-ring (bicyclic) bond motifs is 5. The minimum atomic E-state index is -4.85. The fourth-order valence-corrected chi connectivity index (χ4v) is 8.41. The van der Waals surface area contributed by atoms with Crippen molar-refractivity contribution in [2.75, 3.05) is 43.4 Å². The number of aryl methyl sites for hydroxylation is 1. The summed E-state index contributed by atoms with van der Waals surface area (Å²) in [5.41, 5.74) is 2.98. The second-order valence-electron chi connectivity index (χ2n) is 14.4. The summed E-state index contributed by atoms with van der Waals surface area (Å²) in [6, 6.07) is 1.07. The maximum absolute atomic E-state index is 16.8. The normalized spacial score (nSPS) is 29.4. The van der Waals surface area contributed by atoms with Crippen LogP contribution in [0.4, 0.5) is 29.2 Å². The van der Waals surface area contributed by atoms with Crippen molar-refractivity contribution < 1.29 is 31.8 Å². The number of alkyl halides is 3. The first kappa shape index (κ1) is 31.7. The van der Waals surface area contributed by atoms with E-state index in [4.69, 9.17) is 24.9 Å². The molecule has 6 atom stereocenters. The molecule has 1 saturated carbocycles. The van der Waals surface area contributed by atoms with E-state index in [0.717, 1.165) is 51.4 Å². The summed E-state index contributed by atoms with van der Waals surface area (Å²) in [5, 5.41) is 3.87. The van der Waals surface area contributed by atoms with E-state index in [1.54, 1.807) is 0 Å².